The zero-order valence-corrected chi connectivity index (χ0v) is 10.1. The van der Waals surface area contributed by atoms with Crippen molar-refractivity contribution >= 4 is 11.7 Å². The van der Waals surface area contributed by atoms with Gasteiger partial charge in [-0.25, -0.2) is 4.79 Å². The highest BCUT2D eigenvalue weighted by molar-refractivity contribution is 5.79. The summed E-state index contributed by atoms with van der Waals surface area (Å²) in [6.07, 6.45) is 6.28. The highest BCUT2D eigenvalue weighted by atomic mass is 16.4. The van der Waals surface area contributed by atoms with E-state index in [9.17, 15) is 4.79 Å². The van der Waals surface area contributed by atoms with E-state index in [-0.39, 0.29) is 0 Å². The van der Waals surface area contributed by atoms with Crippen molar-refractivity contribution in [3.63, 3.8) is 0 Å². The standard InChI is InChI=1S/C14H19NO2/c1-2-3-5-12-7-9-13(10-8-12)15-11-4-6-14(16)17/h4,6-10,15H,2-3,5,11H2,1H3,(H,16,17)/b6-4+. The number of aliphatic carboxylic acids is 1. The molecule has 0 spiro atoms. The van der Waals surface area contributed by atoms with Crippen LogP contribution in [0.3, 0.4) is 0 Å². The molecule has 1 aromatic rings. The predicted octanol–water partition coefficient (Wildman–Crippen LogP) is 3.08. The predicted molar refractivity (Wildman–Crippen MR) is 70.3 cm³/mol. The molecule has 92 valence electrons. The van der Waals surface area contributed by atoms with Crippen molar-refractivity contribution in [1.82, 2.24) is 0 Å². The van der Waals surface area contributed by atoms with Crippen molar-refractivity contribution in [3.05, 3.63) is 42.0 Å². The number of hydrogen-bond acceptors (Lipinski definition) is 2. The SMILES string of the molecule is CCCCc1ccc(NC/C=C/C(=O)O)cc1. The third-order valence-corrected chi connectivity index (χ3v) is 2.46. The first kappa shape index (κ1) is 13.3. The van der Waals surface area contributed by atoms with E-state index in [1.807, 2.05) is 12.1 Å². The van der Waals surface area contributed by atoms with Gasteiger partial charge in [0.2, 0.25) is 0 Å². The van der Waals surface area contributed by atoms with Gasteiger partial charge in [0, 0.05) is 18.3 Å². The molecule has 0 atom stereocenters. The Labute approximate surface area is 102 Å². The number of aryl methyl sites for hydroxylation is 1. The topological polar surface area (TPSA) is 49.3 Å². The molecule has 3 heteroatoms. The van der Waals surface area contributed by atoms with Crippen LogP contribution >= 0.6 is 0 Å². The summed E-state index contributed by atoms with van der Waals surface area (Å²) in [5.41, 5.74) is 2.36. The van der Waals surface area contributed by atoms with Crippen LogP contribution in [0, 0.1) is 0 Å². The molecule has 17 heavy (non-hydrogen) atoms. The van der Waals surface area contributed by atoms with E-state index in [0.29, 0.717) is 6.54 Å². The van der Waals surface area contributed by atoms with Gasteiger partial charge in [-0.05, 0) is 30.5 Å². The lowest BCUT2D eigenvalue weighted by Gasteiger charge is -2.05. The number of anilines is 1. The van der Waals surface area contributed by atoms with Crippen molar-refractivity contribution in [2.24, 2.45) is 0 Å². The Morgan fingerprint density at radius 2 is 2.06 bits per heavy atom. The van der Waals surface area contributed by atoms with Crippen molar-refractivity contribution in [2.75, 3.05) is 11.9 Å². The van der Waals surface area contributed by atoms with Crippen LogP contribution in [0.15, 0.2) is 36.4 Å². The fourth-order valence-electron chi connectivity index (χ4n) is 1.51. The Morgan fingerprint density at radius 3 is 2.65 bits per heavy atom. The van der Waals surface area contributed by atoms with Crippen LogP contribution in [0.2, 0.25) is 0 Å². The summed E-state index contributed by atoms with van der Waals surface area (Å²) < 4.78 is 0. The molecule has 0 aliphatic rings. The fraction of sp³-hybridized carbons (Fsp3) is 0.357. The first-order valence-electron chi connectivity index (χ1n) is 5.94. The lowest BCUT2D eigenvalue weighted by Crippen LogP contribution is -1.99. The molecule has 0 fully saturated rings. The molecule has 0 aliphatic carbocycles. The Kier molecular flexibility index (Phi) is 5.86. The lowest BCUT2D eigenvalue weighted by atomic mass is 10.1. The van der Waals surface area contributed by atoms with Crippen molar-refractivity contribution in [2.45, 2.75) is 26.2 Å². The maximum Gasteiger partial charge on any atom is 0.328 e. The minimum atomic E-state index is -0.915. The van der Waals surface area contributed by atoms with Crippen LogP contribution in [0.1, 0.15) is 25.3 Å². The molecule has 0 aliphatic heterocycles. The first-order valence-corrected chi connectivity index (χ1v) is 5.94. The number of carboxylic acids is 1. The molecule has 0 bridgehead atoms. The van der Waals surface area contributed by atoms with Crippen LogP contribution in [-0.4, -0.2) is 17.6 Å². The first-order chi connectivity index (χ1) is 8.22. The molecule has 2 N–H and O–H groups in total. The summed E-state index contributed by atoms with van der Waals surface area (Å²) in [4.78, 5) is 10.2. The largest absolute Gasteiger partial charge is 0.478 e. The zero-order valence-electron chi connectivity index (χ0n) is 10.1. The summed E-state index contributed by atoms with van der Waals surface area (Å²) >= 11 is 0. The van der Waals surface area contributed by atoms with E-state index < -0.39 is 5.97 Å². The number of unbranched alkanes of at least 4 members (excludes halogenated alkanes) is 1. The fourth-order valence-corrected chi connectivity index (χ4v) is 1.51. The Morgan fingerprint density at radius 1 is 1.35 bits per heavy atom. The minimum absolute atomic E-state index is 0.528. The third-order valence-electron chi connectivity index (χ3n) is 2.46. The molecular formula is C14H19NO2. The van der Waals surface area contributed by atoms with Gasteiger partial charge in [0.15, 0.2) is 0 Å². The number of rotatable bonds is 7. The molecule has 3 nitrogen and oxygen atoms in total. The summed E-state index contributed by atoms with van der Waals surface area (Å²) in [5.74, 6) is -0.915. The summed E-state index contributed by atoms with van der Waals surface area (Å²) in [5, 5.41) is 11.5. The highest BCUT2D eigenvalue weighted by Crippen LogP contribution is 2.11. The van der Waals surface area contributed by atoms with E-state index in [0.717, 1.165) is 18.2 Å². The van der Waals surface area contributed by atoms with Gasteiger partial charge in [0.05, 0.1) is 0 Å². The van der Waals surface area contributed by atoms with Gasteiger partial charge >= 0.3 is 5.97 Å². The molecule has 1 aromatic carbocycles. The number of benzene rings is 1. The third kappa shape index (κ3) is 5.76. The van der Waals surface area contributed by atoms with Gasteiger partial charge < -0.3 is 10.4 Å². The van der Waals surface area contributed by atoms with Gasteiger partial charge in [-0.2, -0.15) is 0 Å². The van der Waals surface area contributed by atoms with Gasteiger partial charge in [-0.3, -0.25) is 0 Å². The van der Waals surface area contributed by atoms with E-state index >= 15 is 0 Å². The maximum atomic E-state index is 10.2. The molecule has 0 heterocycles. The number of nitrogens with one attached hydrogen (secondary N) is 1. The summed E-state index contributed by atoms with van der Waals surface area (Å²) in [6, 6.07) is 8.27. The second-order valence-electron chi connectivity index (χ2n) is 3.92. The lowest BCUT2D eigenvalue weighted by molar-refractivity contribution is -0.131. The van der Waals surface area contributed by atoms with Crippen LogP contribution < -0.4 is 5.32 Å². The summed E-state index contributed by atoms with van der Waals surface area (Å²) in [6.45, 7) is 2.71. The molecule has 0 saturated carbocycles. The van der Waals surface area contributed by atoms with Gasteiger partial charge in [0.25, 0.3) is 0 Å². The van der Waals surface area contributed by atoms with E-state index in [4.69, 9.17) is 5.11 Å². The van der Waals surface area contributed by atoms with Crippen molar-refractivity contribution < 1.29 is 9.90 Å². The number of hydrogen-bond donors (Lipinski definition) is 2. The normalized spacial score (nSPS) is 10.6. The van der Waals surface area contributed by atoms with Crippen LogP contribution in [0.25, 0.3) is 0 Å². The minimum Gasteiger partial charge on any atom is -0.478 e. The Bertz CT molecular complexity index is 368. The van der Waals surface area contributed by atoms with E-state index in [1.165, 1.54) is 18.4 Å². The second-order valence-corrected chi connectivity index (χ2v) is 3.92. The van der Waals surface area contributed by atoms with Gasteiger partial charge in [0.1, 0.15) is 0 Å². The molecule has 0 saturated heterocycles. The van der Waals surface area contributed by atoms with E-state index in [1.54, 1.807) is 6.08 Å². The van der Waals surface area contributed by atoms with E-state index in [2.05, 4.69) is 24.4 Å². The van der Waals surface area contributed by atoms with Crippen LogP contribution in [-0.2, 0) is 11.2 Å². The van der Waals surface area contributed by atoms with Crippen molar-refractivity contribution in [3.8, 4) is 0 Å². The van der Waals surface area contributed by atoms with Crippen molar-refractivity contribution in [1.29, 1.82) is 0 Å². The maximum absolute atomic E-state index is 10.2. The highest BCUT2D eigenvalue weighted by Gasteiger charge is 1.93. The second kappa shape index (κ2) is 7.49. The van der Waals surface area contributed by atoms with Crippen LogP contribution in [0.4, 0.5) is 5.69 Å². The number of carboxylic acid groups (broad SMARTS) is 1. The van der Waals surface area contributed by atoms with Gasteiger partial charge in [-0.1, -0.05) is 31.6 Å². The smallest absolute Gasteiger partial charge is 0.328 e. The molecule has 0 amide bonds. The molecular weight excluding hydrogens is 214 g/mol. The average Bonchev–Trinajstić information content (AvgIpc) is 2.33. The monoisotopic (exact) mass is 233 g/mol. The molecule has 1 rings (SSSR count). The van der Waals surface area contributed by atoms with Gasteiger partial charge in [-0.15, -0.1) is 0 Å². The molecule has 0 aromatic heterocycles. The molecule has 0 radical (unpaired) electrons. The van der Waals surface area contributed by atoms with Crippen LogP contribution in [0.5, 0.6) is 0 Å². The Hall–Kier alpha value is -1.77. The number of carbonyl (C=O) groups is 1. The quantitative estimate of drug-likeness (QED) is 0.711. The summed E-state index contributed by atoms with van der Waals surface area (Å²) in [7, 11) is 0. The molecule has 0 unspecified atom stereocenters. The Balaban J connectivity index is 2.37. The average molecular weight is 233 g/mol. The zero-order chi connectivity index (χ0) is 12.5.